The third-order valence-corrected chi connectivity index (χ3v) is 2.96. The highest BCUT2D eigenvalue weighted by Crippen LogP contribution is 2.34. The summed E-state index contributed by atoms with van der Waals surface area (Å²) < 4.78 is 0. The molecule has 0 saturated heterocycles. The van der Waals surface area contributed by atoms with Gasteiger partial charge in [0.05, 0.1) is 18.1 Å². The van der Waals surface area contributed by atoms with Crippen LogP contribution in [0.4, 0.5) is 0 Å². The van der Waals surface area contributed by atoms with Crippen LogP contribution >= 0.6 is 0 Å². The quantitative estimate of drug-likeness (QED) is 0.593. The van der Waals surface area contributed by atoms with Crippen LogP contribution in [-0.2, 0) is 4.79 Å². The van der Waals surface area contributed by atoms with Gasteiger partial charge in [0.25, 0.3) is 0 Å². The zero-order valence-corrected chi connectivity index (χ0v) is 9.62. The van der Waals surface area contributed by atoms with Crippen molar-refractivity contribution in [2.24, 2.45) is 17.6 Å². The van der Waals surface area contributed by atoms with E-state index < -0.39 is 0 Å². The van der Waals surface area contributed by atoms with E-state index in [1.165, 1.54) is 0 Å². The fourth-order valence-corrected chi connectivity index (χ4v) is 1.72. The minimum absolute atomic E-state index is 0.00208. The van der Waals surface area contributed by atoms with Crippen LogP contribution in [0.25, 0.3) is 0 Å². The van der Waals surface area contributed by atoms with Crippen molar-refractivity contribution in [1.82, 2.24) is 5.32 Å². The molecule has 88 valence electrons. The first kappa shape index (κ1) is 12.5. The molecule has 4 heteroatoms. The Morgan fingerprint density at radius 3 is 2.47 bits per heavy atom. The first-order chi connectivity index (χ1) is 7.03. The Morgan fingerprint density at radius 1 is 1.53 bits per heavy atom. The van der Waals surface area contributed by atoms with Crippen LogP contribution in [0.5, 0.6) is 0 Å². The molecule has 1 aliphatic carbocycles. The number of nitrogens with two attached hydrogens (primary N) is 1. The Balaban J connectivity index is 2.43. The monoisotopic (exact) mass is 214 g/mol. The van der Waals surface area contributed by atoms with Crippen molar-refractivity contribution >= 4 is 5.91 Å². The molecule has 0 aliphatic heterocycles. The highest BCUT2D eigenvalue weighted by molar-refractivity contribution is 5.80. The van der Waals surface area contributed by atoms with E-state index in [2.05, 4.69) is 19.2 Å². The molecule has 1 fully saturated rings. The van der Waals surface area contributed by atoms with Gasteiger partial charge in [0.15, 0.2) is 0 Å². The molecule has 0 aromatic rings. The molecule has 0 radical (unpaired) electrons. The van der Waals surface area contributed by atoms with E-state index in [1.54, 1.807) is 0 Å². The number of rotatable bonds is 6. The lowest BCUT2D eigenvalue weighted by Crippen LogP contribution is -2.45. The summed E-state index contributed by atoms with van der Waals surface area (Å²) in [6.45, 7) is 4.58. The lowest BCUT2D eigenvalue weighted by molar-refractivity contribution is -0.126. The topological polar surface area (TPSA) is 75.4 Å². The van der Waals surface area contributed by atoms with Crippen LogP contribution in [0.15, 0.2) is 0 Å². The highest BCUT2D eigenvalue weighted by atomic mass is 16.3. The van der Waals surface area contributed by atoms with Gasteiger partial charge in [-0.3, -0.25) is 4.79 Å². The summed E-state index contributed by atoms with van der Waals surface area (Å²) in [4.78, 5) is 11.8. The summed E-state index contributed by atoms with van der Waals surface area (Å²) in [5.74, 6) is 0.348. The minimum Gasteiger partial charge on any atom is -0.394 e. The smallest absolute Gasteiger partial charge is 0.224 e. The molecule has 1 rings (SSSR count). The first-order valence-electron chi connectivity index (χ1n) is 5.66. The Labute approximate surface area is 91.2 Å². The third kappa shape index (κ3) is 3.47. The SMILES string of the molecule is CC(C)CC(CN)C(=O)NC1(CO)CC1. The fraction of sp³-hybridized carbons (Fsp3) is 0.909. The average molecular weight is 214 g/mol. The predicted octanol–water partition coefficient (Wildman–Crippen LogP) is 0.249. The molecule has 4 nitrogen and oxygen atoms in total. The van der Waals surface area contributed by atoms with Gasteiger partial charge in [-0.15, -0.1) is 0 Å². The number of carbonyl (C=O) groups is 1. The molecule has 1 amide bonds. The van der Waals surface area contributed by atoms with Crippen molar-refractivity contribution < 1.29 is 9.90 Å². The molecule has 1 atom stereocenters. The molecule has 0 aromatic heterocycles. The largest absolute Gasteiger partial charge is 0.394 e. The van der Waals surface area contributed by atoms with Gasteiger partial charge in [-0.1, -0.05) is 13.8 Å². The van der Waals surface area contributed by atoms with E-state index >= 15 is 0 Å². The van der Waals surface area contributed by atoms with E-state index in [-0.39, 0.29) is 24.0 Å². The average Bonchev–Trinajstić information content (AvgIpc) is 2.94. The molecular weight excluding hydrogens is 192 g/mol. The van der Waals surface area contributed by atoms with Crippen molar-refractivity contribution in [2.75, 3.05) is 13.2 Å². The van der Waals surface area contributed by atoms with Crippen molar-refractivity contribution in [1.29, 1.82) is 0 Å². The van der Waals surface area contributed by atoms with E-state index in [1.807, 2.05) is 0 Å². The number of nitrogens with one attached hydrogen (secondary N) is 1. The Morgan fingerprint density at radius 2 is 2.13 bits per heavy atom. The van der Waals surface area contributed by atoms with E-state index in [4.69, 9.17) is 10.8 Å². The fourth-order valence-electron chi connectivity index (χ4n) is 1.72. The van der Waals surface area contributed by atoms with Crippen molar-refractivity contribution in [3.63, 3.8) is 0 Å². The van der Waals surface area contributed by atoms with Gasteiger partial charge in [-0.2, -0.15) is 0 Å². The summed E-state index contributed by atoms with van der Waals surface area (Å²) in [6, 6.07) is 0. The standard InChI is InChI=1S/C11H22N2O2/c1-8(2)5-9(6-12)10(15)13-11(7-14)3-4-11/h8-9,14H,3-7,12H2,1-2H3,(H,13,15). The second-order valence-electron chi connectivity index (χ2n) is 4.99. The van der Waals surface area contributed by atoms with Crippen LogP contribution in [0.1, 0.15) is 33.1 Å². The van der Waals surface area contributed by atoms with Crippen LogP contribution in [0.2, 0.25) is 0 Å². The van der Waals surface area contributed by atoms with Gasteiger partial charge >= 0.3 is 0 Å². The molecule has 0 bridgehead atoms. The maximum atomic E-state index is 11.8. The molecular formula is C11H22N2O2. The summed E-state index contributed by atoms with van der Waals surface area (Å²) in [5, 5.41) is 12.0. The molecule has 15 heavy (non-hydrogen) atoms. The molecule has 0 heterocycles. The third-order valence-electron chi connectivity index (χ3n) is 2.96. The van der Waals surface area contributed by atoms with E-state index in [0.29, 0.717) is 12.5 Å². The lowest BCUT2D eigenvalue weighted by Gasteiger charge is -2.21. The minimum atomic E-state index is -0.318. The maximum Gasteiger partial charge on any atom is 0.224 e. The number of aliphatic hydroxyl groups excluding tert-OH is 1. The van der Waals surface area contributed by atoms with Crippen molar-refractivity contribution in [2.45, 2.75) is 38.6 Å². The van der Waals surface area contributed by atoms with E-state index in [9.17, 15) is 4.79 Å². The Hall–Kier alpha value is -0.610. The molecule has 1 unspecified atom stereocenters. The first-order valence-corrected chi connectivity index (χ1v) is 5.66. The van der Waals surface area contributed by atoms with Crippen LogP contribution in [-0.4, -0.2) is 29.7 Å². The molecule has 4 N–H and O–H groups in total. The maximum absolute atomic E-state index is 11.8. The molecule has 1 aliphatic rings. The van der Waals surface area contributed by atoms with Gasteiger partial charge in [0, 0.05) is 6.54 Å². The van der Waals surface area contributed by atoms with Gasteiger partial charge in [0.2, 0.25) is 5.91 Å². The second kappa shape index (κ2) is 4.94. The number of carbonyl (C=O) groups excluding carboxylic acids is 1. The normalized spacial score (nSPS) is 20.1. The van der Waals surface area contributed by atoms with Crippen LogP contribution < -0.4 is 11.1 Å². The van der Waals surface area contributed by atoms with Crippen LogP contribution in [0, 0.1) is 11.8 Å². The number of aliphatic hydroxyl groups is 1. The van der Waals surface area contributed by atoms with Crippen molar-refractivity contribution in [3.8, 4) is 0 Å². The highest BCUT2D eigenvalue weighted by Gasteiger charge is 2.44. The van der Waals surface area contributed by atoms with Gasteiger partial charge in [0.1, 0.15) is 0 Å². The second-order valence-corrected chi connectivity index (χ2v) is 4.99. The molecule has 0 aromatic carbocycles. The number of hydrogen-bond donors (Lipinski definition) is 3. The molecule has 1 saturated carbocycles. The van der Waals surface area contributed by atoms with E-state index in [0.717, 1.165) is 19.3 Å². The number of hydrogen-bond acceptors (Lipinski definition) is 3. The predicted molar refractivity (Wildman–Crippen MR) is 59.2 cm³/mol. The van der Waals surface area contributed by atoms with Crippen LogP contribution in [0.3, 0.4) is 0 Å². The Bertz CT molecular complexity index is 225. The summed E-state index contributed by atoms with van der Waals surface area (Å²) in [5.41, 5.74) is 5.26. The zero-order chi connectivity index (χ0) is 11.5. The van der Waals surface area contributed by atoms with Gasteiger partial charge < -0.3 is 16.2 Å². The summed E-state index contributed by atoms with van der Waals surface area (Å²) in [6.07, 6.45) is 2.58. The van der Waals surface area contributed by atoms with Gasteiger partial charge in [-0.25, -0.2) is 0 Å². The molecule has 0 spiro atoms. The zero-order valence-electron chi connectivity index (χ0n) is 9.62. The summed E-state index contributed by atoms with van der Waals surface area (Å²) in [7, 11) is 0. The lowest BCUT2D eigenvalue weighted by atomic mass is 9.96. The number of amides is 1. The van der Waals surface area contributed by atoms with Crippen molar-refractivity contribution in [3.05, 3.63) is 0 Å². The van der Waals surface area contributed by atoms with Gasteiger partial charge in [-0.05, 0) is 25.2 Å². The summed E-state index contributed by atoms with van der Waals surface area (Å²) >= 11 is 0. The Kier molecular flexibility index (Phi) is 4.11.